The minimum atomic E-state index is -3.15. The highest BCUT2D eigenvalue weighted by Gasteiger charge is 2.18. The van der Waals surface area contributed by atoms with E-state index in [0.717, 1.165) is 12.8 Å². The molecule has 0 aromatic carbocycles. The molecule has 0 unspecified atom stereocenters. The van der Waals surface area contributed by atoms with Gasteiger partial charge in [0.15, 0.2) is 9.84 Å². The standard InChI is InChI=1S/C10H20O3S/c1-4-5-6-7-14(12,13)8-10(11)9(2)3/h9H,4-8H2,1-3H3. The molecule has 0 radical (unpaired) electrons. The molecule has 0 aromatic heterocycles. The molecule has 0 aliphatic carbocycles. The first-order chi connectivity index (χ1) is 6.39. The van der Waals surface area contributed by atoms with Crippen molar-refractivity contribution in [2.24, 2.45) is 5.92 Å². The first-order valence-electron chi connectivity index (χ1n) is 5.12. The van der Waals surface area contributed by atoms with Gasteiger partial charge in [0.2, 0.25) is 0 Å². The third-order valence-electron chi connectivity index (χ3n) is 2.07. The Balaban J connectivity index is 4.02. The Kier molecular flexibility index (Phi) is 6.00. The van der Waals surface area contributed by atoms with Crippen LogP contribution in [-0.4, -0.2) is 25.7 Å². The molecule has 4 heteroatoms. The molecule has 0 amide bonds. The zero-order chi connectivity index (χ0) is 11.2. The lowest BCUT2D eigenvalue weighted by molar-refractivity contribution is -0.119. The zero-order valence-electron chi connectivity index (χ0n) is 9.25. The summed E-state index contributed by atoms with van der Waals surface area (Å²) in [5, 5.41) is 0. The van der Waals surface area contributed by atoms with Crippen molar-refractivity contribution in [2.45, 2.75) is 40.0 Å². The Hall–Kier alpha value is -0.380. The third kappa shape index (κ3) is 6.13. The lowest BCUT2D eigenvalue weighted by Gasteiger charge is -2.05. The zero-order valence-corrected chi connectivity index (χ0v) is 10.1. The van der Waals surface area contributed by atoms with Crippen molar-refractivity contribution in [3.05, 3.63) is 0 Å². The van der Waals surface area contributed by atoms with Gasteiger partial charge in [-0.05, 0) is 6.42 Å². The molecular weight excluding hydrogens is 200 g/mol. The second-order valence-corrected chi connectivity index (χ2v) is 6.10. The summed E-state index contributed by atoms with van der Waals surface area (Å²) in [7, 11) is -3.15. The van der Waals surface area contributed by atoms with Crippen molar-refractivity contribution in [2.75, 3.05) is 11.5 Å². The number of hydrogen-bond donors (Lipinski definition) is 0. The summed E-state index contributed by atoms with van der Waals surface area (Å²) < 4.78 is 22.8. The quantitative estimate of drug-likeness (QED) is 0.615. The van der Waals surface area contributed by atoms with Gasteiger partial charge >= 0.3 is 0 Å². The normalized spacial score (nSPS) is 12.0. The van der Waals surface area contributed by atoms with E-state index in [9.17, 15) is 13.2 Å². The van der Waals surface area contributed by atoms with Gasteiger partial charge in [0.05, 0.1) is 5.75 Å². The highest BCUT2D eigenvalue weighted by Crippen LogP contribution is 2.03. The van der Waals surface area contributed by atoms with Crippen LogP contribution in [0.4, 0.5) is 0 Å². The first kappa shape index (κ1) is 13.6. The van der Waals surface area contributed by atoms with Crippen LogP contribution in [0.5, 0.6) is 0 Å². The van der Waals surface area contributed by atoms with Gasteiger partial charge < -0.3 is 0 Å². The van der Waals surface area contributed by atoms with Crippen molar-refractivity contribution in [1.29, 1.82) is 0 Å². The van der Waals surface area contributed by atoms with E-state index in [0.29, 0.717) is 6.42 Å². The fourth-order valence-corrected chi connectivity index (χ4v) is 2.58. The number of unbranched alkanes of at least 4 members (excludes halogenated alkanes) is 2. The highest BCUT2D eigenvalue weighted by atomic mass is 32.2. The fourth-order valence-electron chi connectivity index (χ4n) is 1.03. The Morgan fingerprint density at radius 3 is 2.21 bits per heavy atom. The summed E-state index contributed by atoms with van der Waals surface area (Å²) in [6.07, 6.45) is 2.58. The van der Waals surface area contributed by atoms with Gasteiger partial charge in [-0.2, -0.15) is 0 Å². The smallest absolute Gasteiger partial charge is 0.157 e. The van der Waals surface area contributed by atoms with Gasteiger partial charge in [-0.3, -0.25) is 4.79 Å². The van der Waals surface area contributed by atoms with Crippen molar-refractivity contribution >= 4 is 15.6 Å². The number of carbonyl (C=O) groups is 1. The Morgan fingerprint density at radius 2 is 1.79 bits per heavy atom. The summed E-state index contributed by atoms with van der Waals surface area (Å²) >= 11 is 0. The van der Waals surface area contributed by atoms with Gasteiger partial charge in [0.1, 0.15) is 11.5 Å². The van der Waals surface area contributed by atoms with Crippen LogP contribution in [0.1, 0.15) is 40.0 Å². The average molecular weight is 220 g/mol. The van der Waals surface area contributed by atoms with Gasteiger partial charge in [-0.15, -0.1) is 0 Å². The monoisotopic (exact) mass is 220 g/mol. The minimum absolute atomic E-state index is 0.152. The number of sulfone groups is 1. The van der Waals surface area contributed by atoms with E-state index in [2.05, 4.69) is 0 Å². The van der Waals surface area contributed by atoms with Crippen LogP contribution in [-0.2, 0) is 14.6 Å². The molecule has 84 valence electrons. The topological polar surface area (TPSA) is 51.2 Å². The Morgan fingerprint density at radius 1 is 1.21 bits per heavy atom. The number of carbonyl (C=O) groups excluding carboxylic acids is 1. The molecule has 0 bridgehead atoms. The molecule has 0 N–H and O–H groups in total. The number of ketones is 1. The molecule has 0 aromatic rings. The molecule has 3 nitrogen and oxygen atoms in total. The van der Waals surface area contributed by atoms with E-state index >= 15 is 0 Å². The molecule has 14 heavy (non-hydrogen) atoms. The maximum atomic E-state index is 11.4. The molecule has 0 spiro atoms. The number of rotatable bonds is 7. The second-order valence-electron chi connectivity index (χ2n) is 3.92. The molecule has 0 heterocycles. The van der Waals surface area contributed by atoms with Crippen LogP contribution < -0.4 is 0 Å². The molecule has 0 fully saturated rings. The van der Waals surface area contributed by atoms with Gasteiger partial charge in [-0.25, -0.2) is 8.42 Å². The maximum absolute atomic E-state index is 11.4. The SMILES string of the molecule is CCCCCS(=O)(=O)CC(=O)C(C)C. The molecule has 0 aliphatic heterocycles. The van der Waals surface area contributed by atoms with Gasteiger partial charge in [-0.1, -0.05) is 33.6 Å². The van der Waals surface area contributed by atoms with E-state index in [1.165, 1.54) is 0 Å². The van der Waals surface area contributed by atoms with Gasteiger partial charge in [0, 0.05) is 5.92 Å². The van der Waals surface area contributed by atoms with Crippen LogP contribution in [0.15, 0.2) is 0 Å². The van der Waals surface area contributed by atoms with Gasteiger partial charge in [0.25, 0.3) is 0 Å². The van der Waals surface area contributed by atoms with Crippen molar-refractivity contribution in [3.63, 3.8) is 0 Å². The van der Waals surface area contributed by atoms with E-state index in [1.54, 1.807) is 13.8 Å². The van der Waals surface area contributed by atoms with Crippen LogP contribution in [0, 0.1) is 5.92 Å². The predicted molar refractivity (Wildman–Crippen MR) is 58.0 cm³/mol. The fraction of sp³-hybridized carbons (Fsp3) is 0.900. The predicted octanol–water partition coefficient (Wildman–Crippen LogP) is 1.82. The van der Waals surface area contributed by atoms with Crippen LogP contribution in [0.3, 0.4) is 0 Å². The third-order valence-corrected chi connectivity index (χ3v) is 3.70. The minimum Gasteiger partial charge on any atom is -0.298 e. The largest absolute Gasteiger partial charge is 0.298 e. The molecular formula is C10H20O3S. The molecule has 0 saturated heterocycles. The van der Waals surface area contributed by atoms with E-state index in [-0.39, 0.29) is 23.2 Å². The number of Topliss-reactive ketones (excluding diaryl/α,β-unsaturated/α-hetero) is 1. The molecule has 0 rings (SSSR count). The lowest BCUT2D eigenvalue weighted by atomic mass is 10.1. The van der Waals surface area contributed by atoms with E-state index in [4.69, 9.17) is 0 Å². The molecule has 0 atom stereocenters. The van der Waals surface area contributed by atoms with E-state index in [1.807, 2.05) is 6.92 Å². The Labute approximate surface area is 86.8 Å². The average Bonchev–Trinajstić information content (AvgIpc) is 2.03. The maximum Gasteiger partial charge on any atom is 0.157 e. The second kappa shape index (κ2) is 6.17. The summed E-state index contributed by atoms with van der Waals surface area (Å²) in [5.74, 6) is -0.495. The summed E-state index contributed by atoms with van der Waals surface area (Å²) in [6.45, 7) is 5.47. The highest BCUT2D eigenvalue weighted by molar-refractivity contribution is 7.92. The lowest BCUT2D eigenvalue weighted by Crippen LogP contribution is -2.22. The van der Waals surface area contributed by atoms with Crippen LogP contribution in [0.25, 0.3) is 0 Å². The Bertz CT molecular complexity index is 265. The van der Waals surface area contributed by atoms with Crippen molar-refractivity contribution in [3.8, 4) is 0 Å². The summed E-state index contributed by atoms with van der Waals surface area (Å²) in [4.78, 5) is 11.2. The van der Waals surface area contributed by atoms with E-state index < -0.39 is 9.84 Å². The van der Waals surface area contributed by atoms with Crippen LogP contribution >= 0.6 is 0 Å². The van der Waals surface area contributed by atoms with Crippen molar-refractivity contribution in [1.82, 2.24) is 0 Å². The van der Waals surface area contributed by atoms with Crippen molar-refractivity contribution < 1.29 is 13.2 Å². The first-order valence-corrected chi connectivity index (χ1v) is 6.94. The molecule has 0 saturated carbocycles. The number of hydrogen-bond acceptors (Lipinski definition) is 3. The molecule has 0 aliphatic rings. The summed E-state index contributed by atoms with van der Waals surface area (Å²) in [6, 6.07) is 0. The summed E-state index contributed by atoms with van der Waals surface area (Å²) in [5.41, 5.74) is 0. The van der Waals surface area contributed by atoms with Crippen LogP contribution in [0.2, 0.25) is 0 Å².